The fourth-order valence-corrected chi connectivity index (χ4v) is 3.87. The van der Waals surface area contributed by atoms with Crippen LogP contribution in [-0.2, 0) is 9.59 Å². The molecular weight excluding hydrogens is 294 g/mol. The average Bonchev–Trinajstić information content (AvgIpc) is 2.62. The van der Waals surface area contributed by atoms with Crippen molar-refractivity contribution in [1.29, 1.82) is 0 Å². The van der Waals surface area contributed by atoms with Crippen molar-refractivity contribution in [3.05, 3.63) is 0 Å². The van der Waals surface area contributed by atoms with Crippen LogP contribution >= 0.6 is 11.8 Å². The summed E-state index contributed by atoms with van der Waals surface area (Å²) in [6.45, 7) is 5.10. The number of terminal acetylenes is 1. The number of carboxylic acids is 1. The summed E-state index contributed by atoms with van der Waals surface area (Å²) in [5, 5.41) is 13.2. The van der Waals surface area contributed by atoms with Crippen LogP contribution in [0.4, 0.5) is 4.79 Å². The Morgan fingerprint density at radius 3 is 2.52 bits per heavy atom. The number of carbonyl (C=O) groups excluding carboxylic acids is 2. The van der Waals surface area contributed by atoms with E-state index in [2.05, 4.69) is 16.6 Å². The zero-order valence-corrected chi connectivity index (χ0v) is 13.0. The molecular formula is C13H19N3O4S. The Morgan fingerprint density at radius 2 is 2.00 bits per heavy atom. The second kappa shape index (κ2) is 6.72. The summed E-state index contributed by atoms with van der Waals surface area (Å²) in [5.74, 6) is 0.819. The Hall–Kier alpha value is -1.88. The maximum Gasteiger partial charge on any atom is 0.323 e. The van der Waals surface area contributed by atoms with Gasteiger partial charge in [0.25, 0.3) is 0 Å². The minimum Gasteiger partial charge on any atom is -0.480 e. The third-order valence-electron chi connectivity index (χ3n) is 3.04. The molecule has 116 valence electrons. The van der Waals surface area contributed by atoms with Crippen molar-refractivity contribution in [3.63, 3.8) is 0 Å². The van der Waals surface area contributed by atoms with Crippen molar-refractivity contribution in [1.82, 2.24) is 15.5 Å². The molecule has 0 aromatic carbocycles. The van der Waals surface area contributed by atoms with Gasteiger partial charge in [0.05, 0.1) is 11.9 Å². The van der Waals surface area contributed by atoms with E-state index in [9.17, 15) is 14.4 Å². The van der Waals surface area contributed by atoms with Gasteiger partial charge in [0.2, 0.25) is 5.91 Å². The molecule has 0 saturated carbocycles. The van der Waals surface area contributed by atoms with Gasteiger partial charge in [0, 0.05) is 4.75 Å². The summed E-state index contributed by atoms with van der Waals surface area (Å²) in [7, 11) is 0. The van der Waals surface area contributed by atoms with Crippen LogP contribution in [0.5, 0.6) is 0 Å². The molecule has 0 bridgehead atoms. The molecule has 0 aliphatic carbocycles. The minimum absolute atomic E-state index is 0.0784. The number of hydrogen-bond acceptors (Lipinski definition) is 4. The fraction of sp³-hybridized carbons (Fsp3) is 0.615. The highest BCUT2D eigenvalue weighted by molar-refractivity contribution is 8.01. The van der Waals surface area contributed by atoms with Crippen LogP contribution in [0, 0.1) is 12.3 Å². The molecule has 8 heteroatoms. The number of aliphatic carboxylic acids is 1. The highest BCUT2D eigenvalue weighted by atomic mass is 32.2. The van der Waals surface area contributed by atoms with Crippen molar-refractivity contribution < 1.29 is 19.5 Å². The van der Waals surface area contributed by atoms with E-state index >= 15 is 0 Å². The van der Waals surface area contributed by atoms with E-state index in [4.69, 9.17) is 11.5 Å². The Morgan fingerprint density at radius 1 is 1.38 bits per heavy atom. The lowest BCUT2D eigenvalue weighted by molar-refractivity contribution is -0.135. The molecule has 1 aliphatic rings. The third kappa shape index (κ3) is 4.04. The number of nitrogens with zero attached hydrogens (tertiary/aromatic N) is 1. The zero-order valence-electron chi connectivity index (χ0n) is 12.2. The second-order valence-electron chi connectivity index (χ2n) is 5.10. The molecule has 0 spiro atoms. The molecule has 1 saturated heterocycles. The van der Waals surface area contributed by atoms with Crippen molar-refractivity contribution in [2.45, 2.75) is 36.9 Å². The Kier molecular flexibility index (Phi) is 5.49. The number of carboxylic acid groups (broad SMARTS) is 1. The number of hydrogen-bond donors (Lipinski definition) is 3. The van der Waals surface area contributed by atoms with Gasteiger partial charge in [0.1, 0.15) is 12.6 Å². The summed E-state index contributed by atoms with van der Waals surface area (Å²) in [6, 6.07) is -1.30. The van der Waals surface area contributed by atoms with Crippen LogP contribution < -0.4 is 10.6 Å². The lowest BCUT2D eigenvalue weighted by atomic mass is 10.0. The van der Waals surface area contributed by atoms with E-state index in [1.165, 1.54) is 16.7 Å². The van der Waals surface area contributed by atoms with Gasteiger partial charge in [-0.15, -0.1) is 18.2 Å². The molecule has 3 amide bonds. The lowest BCUT2D eigenvalue weighted by Crippen LogP contribution is -2.57. The van der Waals surface area contributed by atoms with Gasteiger partial charge >= 0.3 is 12.0 Å². The molecule has 0 unspecified atom stereocenters. The smallest absolute Gasteiger partial charge is 0.323 e. The van der Waals surface area contributed by atoms with E-state index in [0.29, 0.717) is 0 Å². The van der Waals surface area contributed by atoms with E-state index in [0.717, 1.165) is 0 Å². The summed E-state index contributed by atoms with van der Waals surface area (Å²) in [4.78, 5) is 36.3. The minimum atomic E-state index is -1.14. The van der Waals surface area contributed by atoms with Crippen LogP contribution in [0.1, 0.15) is 20.8 Å². The number of thioether (sulfide) groups is 1. The number of carbonyl (C=O) groups is 3. The molecule has 1 rings (SSSR count). The van der Waals surface area contributed by atoms with E-state index in [1.807, 2.05) is 13.8 Å². The maximum absolute atomic E-state index is 12.3. The van der Waals surface area contributed by atoms with Crippen molar-refractivity contribution >= 4 is 29.7 Å². The molecule has 3 N–H and O–H groups in total. The van der Waals surface area contributed by atoms with Gasteiger partial charge in [-0.25, -0.2) is 4.79 Å². The van der Waals surface area contributed by atoms with Gasteiger partial charge in [-0.1, -0.05) is 5.92 Å². The van der Waals surface area contributed by atoms with E-state index < -0.39 is 29.3 Å². The van der Waals surface area contributed by atoms with Crippen LogP contribution in [0.2, 0.25) is 0 Å². The van der Waals surface area contributed by atoms with Gasteiger partial charge < -0.3 is 15.7 Å². The van der Waals surface area contributed by atoms with E-state index in [-0.39, 0.29) is 17.8 Å². The molecule has 2 atom stereocenters. The lowest BCUT2D eigenvalue weighted by Gasteiger charge is -2.30. The average molecular weight is 313 g/mol. The first-order chi connectivity index (χ1) is 9.70. The van der Waals surface area contributed by atoms with Crippen LogP contribution in [-0.4, -0.2) is 57.2 Å². The highest BCUT2D eigenvalue weighted by Crippen LogP contribution is 2.44. The number of nitrogens with one attached hydrogen (secondary N) is 2. The molecule has 1 heterocycles. The Balaban J connectivity index is 2.92. The maximum atomic E-state index is 12.3. The predicted molar refractivity (Wildman–Crippen MR) is 79.6 cm³/mol. The van der Waals surface area contributed by atoms with Gasteiger partial charge in [-0.3, -0.25) is 14.5 Å². The zero-order chi connectivity index (χ0) is 16.2. The number of urea groups is 1. The van der Waals surface area contributed by atoms with Crippen LogP contribution in [0.3, 0.4) is 0 Å². The first-order valence-corrected chi connectivity index (χ1v) is 7.25. The van der Waals surface area contributed by atoms with Crippen molar-refractivity contribution in [2.24, 2.45) is 0 Å². The molecule has 0 radical (unpaired) electrons. The van der Waals surface area contributed by atoms with Crippen molar-refractivity contribution in [3.8, 4) is 12.3 Å². The molecule has 1 aliphatic heterocycles. The Labute approximate surface area is 127 Å². The molecule has 21 heavy (non-hydrogen) atoms. The van der Waals surface area contributed by atoms with Gasteiger partial charge in [0.15, 0.2) is 0 Å². The van der Waals surface area contributed by atoms with Crippen molar-refractivity contribution in [2.75, 3.05) is 13.1 Å². The van der Waals surface area contributed by atoms with Crippen LogP contribution in [0.15, 0.2) is 0 Å². The monoisotopic (exact) mass is 313 g/mol. The predicted octanol–water partition coefficient (Wildman–Crippen LogP) is 0.0720. The molecule has 7 nitrogen and oxygen atoms in total. The fourth-order valence-electron chi connectivity index (χ4n) is 2.31. The highest BCUT2D eigenvalue weighted by Gasteiger charge is 2.51. The van der Waals surface area contributed by atoms with Crippen LogP contribution in [0.25, 0.3) is 0 Å². The normalized spacial score (nSPS) is 23.2. The van der Waals surface area contributed by atoms with E-state index in [1.54, 1.807) is 6.92 Å². The van der Waals surface area contributed by atoms with Gasteiger partial charge in [-0.2, -0.15) is 0 Å². The molecule has 0 aromatic heterocycles. The summed E-state index contributed by atoms with van der Waals surface area (Å²) >= 11 is 1.47. The molecule has 0 aromatic rings. The topological polar surface area (TPSA) is 98.7 Å². The Bertz CT molecular complexity index is 486. The first kappa shape index (κ1) is 17.2. The summed E-state index contributed by atoms with van der Waals surface area (Å²) < 4.78 is -0.501. The largest absolute Gasteiger partial charge is 0.480 e. The number of rotatable bonds is 4. The SMILES string of the molecule is C#CCNC(=O)[C@@H]1N(C(=O)NCC(=O)O)[C@@H](C)SC1(C)C. The summed E-state index contributed by atoms with van der Waals surface area (Å²) in [5.41, 5.74) is 0. The van der Waals surface area contributed by atoms with Gasteiger partial charge in [-0.05, 0) is 20.8 Å². The quantitative estimate of drug-likeness (QED) is 0.638. The second-order valence-corrected chi connectivity index (χ2v) is 7.07. The third-order valence-corrected chi connectivity index (χ3v) is 4.44. The first-order valence-electron chi connectivity index (χ1n) is 6.37. The molecule has 1 fully saturated rings. The summed E-state index contributed by atoms with van der Waals surface area (Å²) in [6.07, 6.45) is 5.12. The standard InChI is InChI=1S/C13H19N3O4S/c1-5-6-14-11(19)10-13(3,4)21-8(2)16(10)12(20)15-7-9(17)18/h1,8,10H,6-7H2,2-4H3,(H,14,19)(H,15,20)(H,17,18)/t8-,10+/m1/s1. The number of amides is 3.